The van der Waals surface area contributed by atoms with Crippen molar-refractivity contribution >= 4 is 5.96 Å². The van der Waals surface area contributed by atoms with E-state index in [2.05, 4.69) is 15.6 Å². The van der Waals surface area contributed by atoms with Gasteiger partial charge in [-0.1, -0.05) is 6.07 Å². The predicted octanol–water partition coefficient (Wildman–Crippen LogP) is 2.25. The molecular formula is C16H21N3O3. The minimum atomic E-state index is 0.115. The van der Waals surface area contributed by atoms with E-state index in [0.717, 1.165) is 17.9 Å². The first-order valence-electron chi connectivity index (χ1n) is 7.13. The van der Waals surface area contributed by atoms with Crippen molar-refractivity contribution in [2.45, 2.75) is 20.0 Å². The molecule has 6 heteroatoms. The molecular weight excluding hydrogens is 282 g/mol. The molecule has 0 radical (unpaired) electrons. The zero-order chi connectivity index (χ0) is 15.8. The quantitative estimate of drug-likeness (QED) is 0.563. The van der Waals surface area contributed by atoms with Crippen molar-refractivity contribution in [1.29, 1.82) is 0 Å². The lowest BCUT2D eigenvalue weighted by atomic mass is 10.2. The summed E-state index contributed by atoms with van der Waals surface area (Å²) >= 11 is 0. The Hall–Kier alpha value is -2.63. The van der Waals surface area contributed by atoms with Crippen molar-refractivity contribution in [2.75, 3.05) is 13.7 Å². The van der Waals surface area contributed by atoms with Crippen molar-refractivity contribution < 1.29 is 14.3 Å². The zero-order valence-corrected chi connectivity index (χ0v) is 12.8. The van der Waals surface area contributed by atoms with Crippen molar-refractivity contribution in [3.05, 3.63) is 47.9 Å². The first-order valence-corrected chi connectivity index (χ1v) is 7.13. The number of furan rings is 1. The van der Waals surface area contributed by atoms with Gasteiger partial charge in [-0.05, 0) is 36.8 Å². The number of nitrogens with zero attached hydrogens (tertiary/aromatic N) is 1. The van der Waals surface area contributed by atoms with Crippen LogP contribution in [-0.4, -0.2) is 24.7 Å². The fourth-order valence-electron chi connectivity index (χ4n) is 1.93. The molecule has 0 unspecified atom stereocenters. The Labute approximate surface area is 129 Å². The van der Waals surface area contributed by atoms with E-state index in [1.54, 1.807) is 18.4 Å². The van der Waals surface area contributed by atoms with E-state index in [1.165, 1.54) is 7.11 Å². The molecule has 6 nitrogen and oxygen atoms in total. The van der Waals surface area contributed by atoms with Gasteiger partial charge in [-0.25, -0.2) is 4.99 Å². The maximum atomic E-state index is 9.77. The number of methoxy groups -OCH3 is 1. The Morgan fingerprint density at radius 1 is 1.32 bits per heavy atom. The van der Waals surface area contributed by atoms with Crippen LogP contribution in [0.3, 0.4) is 0 Å². The Bertz CT molecular complexity index is 609. The highest BCUT2D eigenvalue weighted by atomic mass is 16.5. The molecule has 22 heavy (non-hydrogen) atoms. The van der Waals surface area contributed by atoms with Gasteiger partial charge in [0.25, 0.3) is 0 Å². The van der Waals surface area contributed by atoms with Gasteiger partial charge in [0.2, 0.25) is 0 Å². The van der Waals surface area contributed by atoms with Gasteiger partial charge in [-0.15, -0.1) is 0 Å². The second-order valence-electron chi connectivity index (χ2n) is 4.63. The Morgan fingerprint density at radius 3 is 2.82 bits per heavy atom. The number of phenols is 1. The van der Waals surface area contributed by atoms with Gasteiger partial charge in [0.15, 0.2) is 17.5 Å². The maximum Gasteiger partial charge on any atom is 0.191 e. The van der Waals surface area contributed by atoms with E-state index in [9.17, 15) is 5.11 Å². The molecule has 2 rings (SSSR count). The van der Waals surface area contributed by atoms with Crippen LogP contribution in [-0.2, 0) is 13.1 Å². The molecule has 0 amide bonds. The van der Waals surface area contributed by atoms with Crippen molar-refractivity contribution in [3.63, 3.8) is 0 Å². The van der Waals surface area contributed by atoms with E-state index in [1.807, 2.05) is 25.1 Å². The van der Waals surface area contributed by atoms with E-state index in [4.69, 9.17) is 9.15 Å². The molecule has 0 saturated carbocycles. The summed E-state index contributed by atoms with van der Waals surface area (Å²) in [5.41, 5.74) is 0.897. The van der Waals surface area contributed by atoms with Crippen LogP contribution < -0.4 is 15.4 Å². The van der Waals surface area contributed by atoms with Gasteiger partial charge in [0.1, 0.15) is 5.76 Å². The Kier molecular flexibility index (Phi) is 5.71. The second-order valence-corrected chi connectivity index (χ2v) is 4.63. The largest absolute Gasteiger partial charge is 0.504 e. The van der Waals surface area contributed by atoms with Gasteiger partial charge in [0.05, 0.1) is 26.5 Å². The van der Waals surface area contributed by atoms with Crippen LogP contribution in [0.1, 0.15) is 18.2 Å². The zero-order valence-electron chi connectivity index (χ0n) is 12.8. The molecule has 0 saturated heterocycles. The lowest BCUT2D eigenvalue weighted by molar-refractivity contribution is 0.373. The molecule has 0 bridgehead atoms. The number of aliphatic imine (C=N–C) groups is 1. The second kappa shape index (κ2) is 7.97. The third-order valence-electron chi connectivity index (χ3n) is 3.02. The van der Waals surface area contributed by atoms with Crippen LogP contribution in [0.5, 0.6) is 11.5 Å². The molecule has 0 spiro atoms. The summed E-state index contributed by atoms with van der Waals surface area (Å²) in [4.78, 5) is 4.48. The first-order chi connectivity index (χ1) is 10.7. The number of guanidine groups is 1. The topological polar surface area (TPSA) is 79.0 Å². The summed E-state index contributed by atoms with van der Waals surface area (Å²) in [6.45, 7) is 3.78. The average molecular weight is 303 g/mol. The standard InChI is InChI=1S/C16H21N3O3/c1-3-17-16(19-11-13-5-4-8-22-13)18-10-12-6-7-15(21-2)14(20)9-12/h4-9,20H,3,10-11H2,1-2H3,(H2,17,18,19). The van der Waals surface area contributed by atoms with Crippen LogP contribution in [0.25, 0.3) is 0 Å². The number of ether oxygens (including phenoxy) is 1. The summed E-state index contributed by atoms with van der Waals surface area (Å²) in [6, 6.07) is 9.00. The summed E-state index contributed by atoms with van der Waals surface area (Å²) in [6.07, 6.45) is 1.64. The monoisotopic (exact) mass is 303 g/mol. The molecule has 0 fully saturated rings. The number of nitrogens with one attached hydrogen (secondary N) is 2. The highest BCUT2D eigenvalue weighted by Gasteiger charge is 2.03. The molecule has 118 valence electrons. The van der Waals surface area contributed by atoms with E-state index < -0.39 is 0 Å². The van der Waals surface area contributed by atoms with Gasteiger partial charge >= 0.3 is 0 Å². The Morgan fingerprint density at radius 2 is 2.18 bits per heavy atom. The molecule has 0 aliphatic heterocycles. The molecule has 1 aromatic heterocycles. The predicted molar refractivity (Wildman–Crippen MR) is 85.0 cm³/mol. The SMILES string of the molecule is CCNC(=NCc1ccc(OC)c(O)c1)NCc1ccco1. The van der Waals surface area contributed by atoms with Crippen LogP contribution in [0.15, 0.2) is 46.0 Å². The van der Waals surface area contributed by atoms with Crippen LogP contribution in [0.2, 0.25) is 0 Å². The smallest absolute Gasteiger partial charge is 0.191 e. The highest BCUT2D eigenvalue weighted by Crippen LogP contribution is 2.26. The number of benzene rings is 1. The minimum absolute atomic E-state index is 0.115. The van der Waals surface area contributed by atoms with Gasteiger partial charge < -0.3 is 24.9 Å². The van der Waals surface area contributed by atoms with Crippen molar-refractivity contribution in [3.8, 4) is 11.5 Å². The minimum Gasteiger partial charge on any atom is -0.504 e. The number of aromatic hydroxyl groups is 1. The molecule has 3 N–H and O–H groups in total. The summed E-state index contributed by atoms with van der Waals surface area (Å²) in [5, 5.41) is 16.1. The van der Waals surface area contributed by atoms with E-state index >= 15 is 0 Å². The summed E-state index contributed by atoms with van der Waals surface area (Å²) in [7, 11) is 1.52. The highest BCUT2D eigenvalue weighted by molar-refractivity contribution is 5.79. The van der Waals surface area contributed by atoms with Crippen LogP contribution in [0.4, 0.5) is 0 Å². The third kappa shape index (κ3) is 4.44. The molecule has 0 aliphatic rings. The molecule has 1 aromatic carbocycles. The van der Waals surface area contributed by atoms with Gasteiger partial charge in [-0.2, -0.15) is 0 Å². The number of phenolic OH excluding ortho intramolecular Hbond substituents is 1. The third-order valence-corrected chi connectivity index (χ3v) is 3.02. The lowest BCUT2D eigenvalue weighted by Gasteiger charge is -2.10. The molecule has 0 atom stereocenters. The summed E-state index contributed by atoms with van der Waals surface area (Å²) in [5.74, 6) is 2.10. The number of rotatable bonds is 6. The molecule has 1 heterocycles. The van der Waals surface area contributed by atoms with Gasteiger partial charge in [-0.3, -0.25) is 0 Å². The average Bonchev–Trinajstić information content (AvgIpc) is 3.03. The normalized spacial score (nSPS) is 11.3. The van der Waals surface area contributed by atoms with E-state index in [-0.39, 0.29) is 5.75 Å². The fraction of sp³-hybridized carbons (Fsp3) is 0.312. The molecule has 0 aliphatic carbocycles. The van der Waals surface area contributed by atoms with Crippen LogP contribution >= 0.6 is 0 Å². The molecule has 2 aromatic rings. The number of hydrogen-bond donors (Lipinski definition) is 3. The van der Waals surface area contributed by atoms with Crippen molar-refractivity contribution in [2.24, 2.45) is 4.99 Å². The maximum absolute atomic E-state index is 9.77. The first kappa shape index (κ1) is 15.8. The van der Waals surface area contributed by atoms with E-state index in [0.29, 0.717) is 24.8 Å². The summed E-state index contributed by atoms with van der Waals surface area (Å²) < 4.78 is 10.3. The Balaban J connectivity index is 1.98. The van der Waals surface area contributed by atoms with Gasteiger partial charge in [0, 0.05) is 6.54 Å². The van der Waals surface area contributed by atoms with Crippen molar-refractivity contribution in [1.82, 2.24) is 10.6 Å². The lowest BCUT2D eigenvalue weighted by Crippen LogP contribution is -2.36. The fourth-order valence-corrected chi connectivity index (χ4v) is 1.93. The number of hydrogen-bond acceptors (Lipinski definition) is 4. The van der Waals surface area contributed by atoms with Crippen LogP contribution in [0, 0.1) is 0 Å².